The lowest BCUT2D eigenvalue weighted by molar-refractivity contribution is 0.0446. The molecule has 2 aromatic carbocycles. The average molecular weight is 466 g/mol. The number of aryl methyl sites for hydroxylation is 1. The first-order valence-electron chi connectivity index (χ1n) is 10.0. The average Bonchev–Trinajstić information content (AvgIpc) is 3.10. The molecule has 1 fully saturated rings. The third-order valence-corrected chi connectivity index (χ3v) is 6.92. The summed E-state index contributed by atoms with van der Waals surface area (Å²) in [5.41, 5.74) is 2.11. The van der Waals surface area contributed by atoms with Gasteiger partial charge < -0.3 is 9.84 Å². The third kappa shape index (κ3) is 5.63. The summed E-state index contributed by atoms with van der Waals surface area (Å²) < 4.78 is 6.95. The fourth-order valence-corrected chi connectivity index (χ4v) is 4.81. The van der Waals surface area contributed by atoms with E-state index in [0.29, 0.717) is 16.6 Å². The van der Waals surface area contributed by atoms with Crippen LogP contribution in [-0.2, 0) is 6.54 Å². The highest BCUT2D eigenvalue weighted by Gasteiger charge is 2.20. The van der Waals surface area contributed by atoms with Crippen molar-refractivity contribution in [3.8, 4) is 5.75 Å². The van der Waals surface area contributed by atoms with Gasteiger partial charge in [0, 0.05) is 45.3 Å². The van der Waals surface area contributed by atoms with Gasteiger partial charge >= 0.3 is 0 Å². The predicted octanol–water partition coefficient (Wildman–Crippen LogP) is 4.47. The van der Waals surface area contributed by atoms with Gasteiger partial charge in [-0.1, -0.05) is 29.3 Å². The molecule has 5 nitrogen and oxygen atoms in total. The minimum Gasteiger partial charge on any atom is -0.491 e. The monoisotopic (exact) mass is 465 g/mol. The van der Waals surface area contributed by atoms with E-state index >= 15 is 0 Å². The summed E-state index contributed by atoms with van der Waals surface area (Å²) in [6.45, 7) is 7.48. The lowest BCUT2D eigenvalue weighted by Gasteiger charge is -2.35. The first-order valence-corrected chi connectivity index (χ1v) is 11.6. The van der Waals surface area contributed by atoms with E-state index in [2.05, 4.69) is 14.8 Å². The summed E-state index contributed by atoms with van der Waals surface area (Å²) in [4.78, 5) is 9.17. The van der Waals surface area contributed by atoms with Gasteiger partial charge in [0.2, 0.25) is 0 Å². The minimum atomic E-state index is -0.528. The van der Waals surface area contributed by atoms with Gasteiger partial charge in [0.25, 0.3) is 0 Å². The Balaban J connectivity index is 1.20. The molecule has 4 rings (SSSR count). The molecule has 1 aliphatic heterocycles. The van der Waals surface area contributed by atoms with Crippen molar-refractivity contribution >= 4 is 44.8 Å². The fourth-order valence-electron chi connectivity index (χ4n) is 3.68. The first kappa shape index (κ1) is 21.8. The van der Waals surface area contributed by atoms with Crippen LogP contribution in [-0.4, -0.2) is 65.3 Å². The van der Waals surface area contributed by atoms with Crippen molar-refractivity contribution in [3.63, 3.8) is 0 Å². The molecule has 0 saturated carbocycles. The number of nitrogens with zero attached hydrogens (tertiary/aromatic N) is 3. The van der Waals surface area contributed by atoms with Crippen LogP contribution in [0.25, 0.3) is 10.2 Å². The lowest BCUT2D eigenvalue weighted by Crippen LogP contribution is -2.48. The second-order valence-corrected chi connectivity index (χ2v) is 9.70. The molecule has 0 bridgehead atoms. The van der Waals surface area contributed by atoms with E-state index in [-0.39, 0.29) is 6.61 Å². The highest BCUT2D eigenvalue weighted by Crippen LogP contribution is 2.26. The number of aliphatic hydroxyl groups excluding tert-OH is 1. The van der Waals surface area contributed by atoms with E-state index in [1.165, 1.54) is 5.56 Å². The molecular formula is C22H25Cl2N3O2S. The summed E-state index contributed by atoms with van der Waals surface area (Å²) in [6.07, 6.45) is -0.528. The van der Waals surface area contributed by atoms with Crippen LogP contribution < -0.4 is 4.74 Å². The van der Waals surface area contributed by atoms with Crippen molar-refractivity contribution in [2.45, 2.75) is 19.6 Å². The van der Waals surface area contributed by atoms with E-state index in [1.54, 1.807) is 11.3 Å². The molecule has 1 aliphatic rings. The SMILES string of the molecule is Cc1nc2cc(OCC(O)CN3CCN(Cc4ccc(Cl)c(Cl)c4)CC3)ccc2s1. The molecule has 2 heterocycles. The summed E-state index contributed by atoms with van der Waals surface area (Å²) in [5.74, 6) is 0.748. The molecular weight excluding hydrogens is 441 g/mol. The normalized spacial score (nSPS) is 16.8. The molecule has 160 valence electrons. The molecule has 1 N–H and O–H groups in total. The molecule has 1 saturated heterocycles. The van der Waals surface area contributed by atoms with Gasteiger partial charge in [0.1, 0.15) is 18.5 Å². The van der Waals surface area contributed by atoms with E-state index in [1.807, 2.05) is 43.3 Å². The molecule has 0 amide bonds. The quantitative estimate of drug-likeness (QED) is 0.557. The van der Waals surface area contributed by atoms with Gasteiger partial charge in [-0.25, -0.2) is 4.98 Å². The predicted molar refractivity (Wildman–Crippen MR) is 124 cm³/mol. The summed E-state index contributed by atoms with van der Waals surface area (Å²) in [6, 6.07) is 11.7. The number of thiazole rings is 1. The molecule has 3 aromatic rings. The molecule has 1 aromatic heterocycles. The largest absolute Gasteiger partial charge is 0.491 e. The number of fused-ring (bicyclic) bond motifs is 1. The summed E-state index contributed by atoms with van der Waals surface area (Å²) in [7, 11) is 0. The number of halogens is 2. The van der Waals surface area contributed by atoms with Crippen LogP contribution in [0.4, 0.5) is 0 Å². The Labute approximate surface area is 190 Å². The number of aromatic nitrogens is 1. The van der Waals surface area contributed by atoms with Crippen molar-refractivity contribution in [1.82, 2.24) is 14.8 Å². The fraction of sp³-hybridized carbons (Fsp3) is 0.409. The Hall–Kier alpha value is -1.41. The van der Waals surface area contributed by atoms with Crippen LogP contribution in [0.15, 0.2) is 36.4 Å². The van der Waals surface area contributed by atoms with Crippen molar-refractivity contribution < 1.29 is 9.84 Å². The van der Waals surface area contributed by atoms with Gasteiger partial charge in [0.05, 0.1) is 25.3 Å². The third-order valence-electron chi connectivity index (χ3n) is 5.23. The number of aliphatic hydroxyl groups is 1. The second-order valence-electron chi connectivity index (χ2n) is 7.65. The summed E-state index contributed by atoms with van der Waals surface area (Å²) >= 11 is 13.8. The van der Waals surface area contributed by atoms with Gasteiger partial charge in [-0.15, -0.1) is 11.3 Å². The van der Waals surface area contributed by atoms with Crippen LogP contribution in [0.3, 0.4) is 0 Å². The number of benzene rings is 2. The minimum absolute atomic E-state index is 0.276. The standard InChI is InChI=1S/C22H25Cl2N3O2S/c1-15-25-21-11-18(3-5-22(21)30-15)29-14-17(28)13-27-8-6-26(7-9-27)12-16-2-4-19(23)20(24)10-16/h2-5,10-11,17,28H,6-9,12-14H2,1H3. The Morgan fingerprint density at radius 1 is 1.07 bits per heavy atom. The number of hydrogen-bond donors (Lipinski definition) is 1. The van der Waals surface area contributed by atoms with E-state index in [0.717, 1.165) is 53.7 Å². The molecule has 1 atom stereocenters. The van der Waals surface area contributed by atoms with Crippen molar-refractivity contribution in [2.24, 2.45) is 0 Å². The van der Waals surface area contributed by atoms with Gasteiger partial charge in [-0.3, -0.25) is 9.80 Å². The maximum Gasteiger partial charge on any atom is 0.121 e. The maximum absolute atomic E-state index is 10.4. The van der Waals surface area contributed by atoms with Crippen molar-refractivity contribution in [3.05, 3.63) is 57.0 Å². The van der Waals surface area contributed by atoms with Crippen LogP contribution in [0.1, 0.15) is 10.6 Å². The van der Waals surface area contributed by atoms with Gasteiger partial charge in [-0.2, -0.15) is 0 Å². The van der Waals surface area contributed by atoms with E-state index in [4.69, 9.17) is 27.9 Å². The van der Waals surface area contributed by atoms with Crippen LogP contribution in [0, 0.1) is 6.92 Å². The van der Waals surface area contributed by atoms with Crippen LogP contribution in [0.2, 0.25) is 10.0 Å². The zero-order valence-electron chi connectivity index (χ0n) is 16.9. The molecule has 30 heavy (non-hydrogen) atoms. The first-order chi connectivity index (χ1) is 14.5. The smallest absolute Gasteiger partial charge is 0.121 e. The van der Waals surface area contributed by atoms with Crippen molar-refractivity contribution in [1.29, 1.82) is 0 Å². The molecule has 0 aliphatic carbocycles. The Morgan fingerprint density at radius 3 is 2.60 bits per heavy atom. The zero-order chi connectivity index (χ0) is 21.1. The number of hydrogen-bond acceptors (Lipinski definition) is 6. The van der Waals surface area contributed by atoms with E-state index in [9.17, 15) is 5.11 Å². The topological polar surface area (TPSA) is 48.8 Å². The van der Waals surface area contributed by atoms with Gasteiger partial charge in [0.15, 0.2) is 0 Å². The van der Waals surface area contributed by atoms with Gasteiger partial charge in [-0.05, 0) is 36.8 Å². The number of rotatable bonds is 7. The zero-order valence-corrected chi connectivity index (χ0v) is 19.2. The number of piperazine rings is 1. The van der Waals surface area contributed by atoms with Crippen molar-refractivity contribution in [2.75, 3.05) is 39.3 Å². The second kappa shape index (κ2) is 9.81. The lowest BCUT2D eigenvalue weighted by atomic mass is 10.2. The van der Waals surface area contributed by atoms with E-state index < -0.39 is 6.10 Å². The number of β-amino-alcohol motifs (C(OH)–C–C–N with tert-alkyl or cyclic N) is 1. The Morgan fingerprint density at radius 2 is 1.83 bits per heavy atom. The molecule has 1 unspecified atom stereocenters. The molecule has 0 spiro atoms. The maximum atomic E-state index is 10.4. The van der Waals surface area contributed by atoms with Crippen LogP contribution in [0.5, 0.6) is 5.75 Å². The summed E-state index contributed by atoms with van der Waals surface area (Å²) in [5, 5.41) is 12.6. The Bertz CT molecular complexity index is 1010. The molecule has 8 heteroatoms. The highest BCUT2D eigenvalue weighted by molar-refractivity contribution is 7.18. The highest BCUT2D eigenvalue weighted by atomic mass is 35.5. The Kier molecular flexibility index (Phi) is 7.13. The number of ether oxygens (including phenoxy) is 1. The molecule has 0 radical (unpaired) electrons. The van der Waals surface area contributed by atoms with Crippen LogP contribution >= 0.6 is 34.5 Å².